The van der Waals surface area contributed by atoms with Gasteiger partial charge in [0.25, 0.3) is 0 Å². The Morgan fingerprint density at radius 2 is 1.29 bits per heavy atom. The first kappa shape index (κ1) is 33.1. The number of Topliss-reactive ketones (excluding diaryl/α,β-unsaturated/α-hetero) is 1. The standard InChI is InChI=1S/C13H23NO5.C13H21NO5/c2*1-5-18-11(16)9-8-14(7-6-10(9)15)12(17)19-13(2,3)4/h9-10,15H,5-8H2,1-4H3;9H,5-8H2,1-4H3. The first-order chi connectivity index (χ1) is 17.5. The predicted molar refractivity (Wildman–Crippen MR) is 136 cm³/mol. The predicted octanol–water partition coefficient (Wildman–Crippen LogP) is 2.54. The Hall–Kier alpha value is -2.89. The van der Waals surface area contributed by atoms with E-state index in [1.807, 2.05) is 0 Å². The summed E-state index contributed by atoms with van der Waals surface area (Å²) in [7, 11) is 0. The number of ketones is 1. The van der Waals surface area contributed by atoms with E-state index in [-0.39, 0.29) is 45.1 Å². The Morgan fingerprint density at radius 3 is 1.76 bits per heavy atom. The summed E-state index contributed by atoms with van der Waals surface area (Å²) >= 11 is 0. The van der Waals surface area contributed by atoms with E-state index in [4.69, 9.17) is 18.9 Å². The van der Waals surface area contributed by atoms with E-state index in [0.717, 1.165) is 0 Å². The molecule has 38 heavy (non-hydrogen) atoms. The number of ether oxygens (including phenoxy) is 4. The minimum absolute atomic E-state index is 0.0343. The topological polar surface area (TPSA) is 149 Å². The normalized spacial score (nSPS) is 22.0. The van der Waals surface area contributed by atoms with Crippen molar-refractivity contribution in [3.63, 3.8) is 0 Å². The maximum atomic E-state index is 11.9. The highest BCUT2D eigenvalue weighted by molar-refractivity contribution is 6.00. The van der Waals surface area contributed by atoms with Crippen molar-refractivity contribution < 1.29 is 48.0 Å². The number of rotatable bonds is 4. The van der Waals surface area contributed by atoms with E-state index in [0.29, 0.717) is 13.0 Å². The summed E-state index contributed by atoms with van der Waals surface area (Å²) in [4.78, 5) is 61.7. The summed E-state index contributed by atoms with van der Waals surface area (Å²) in [5.41, 5.74) is -1.18. The molecular weight excluding hydrogens is 500 g/mol. The lowest BCUT2D eigenvalue weighted by molar-refractivity contribution is -0.155. The fourth-order valence-corrected chi connectivity index (χ4v) is 3.69. The molecule has 12 nitrogen and oxygen atoms in total. The van der Waals surface area contributed by atoms with Crippen LogP contribution >= 0.6 is 0 Å². The van der Waals surface area contributed by atoms with E-state index in [1.54, 1.807) is 55.4 Å². The molecule has 2 rings (SSSR count). The molecule has 0 aromatic rings. The minimum atomic E-state index is -0.888. The third-order valence-electron chi connectivity index (χ3n) is 5.46. The molecule has 0 spiro atoms. The van der Waals surface area contributed by atoms with Gasteiger partial charge < -0.3 is 33.9 Å². The van der Waals surface area contributed by atoms with Gasteiger partial charge >= 0.3 is 24.1 Å². The van der Waals surface area contributed by atoms with Gasteiger partial charge in [-0.3, -0.25) is 14.4 Å². The Labute approximate surface area is 224 Å². The molecule has 218 valence electrons. The zero-order valence-corrected chi connectivity index (χ0v) is 23.9. The van der Waals surface area contributed by atoms with Gasteiger partial charge in [0.05, 0.1) is 19.3 Å². The molecule has 2 amide bonds. The summed E-state index contributed by atoms with van der Waals surface area (Å²) in [5.74, 6) is -2.80. The summed E-state index contributed by atoms with van der Waals surface area (Å²) < 4.78 is 20.2. The number of piperidine rings is 2. The lowest BCUT2D eigenvalue weighted by atomic mass is 9.95. The maximum Gasteiger partial charge on any atom is 0.410 e. The van der Waals surface area contributed by atoms with Crippen LogP contribution in [0.2, 0.25) is 0 Å². The van der Waals surface area contributed by atoms with Crippen LogP contribution in [-0.2, 0) is 33.3 Å². The second kappa shape index (κ2) is 14.3. The fourth-order valence-electron chi connectivity index (χ4n) is 3.69. The molecule has 2 aliphatic rings. The van der Waals surface area contributed by atoms with E-state index in [1.165, 1.54) is 9.80 Å². The van der Waals surface area contributed by atoms with E-state index in [9.17, 15) is 29.1 Å². The second-order valence-corrected chi connectivity index (χ2v) is 11.1. The van der Waals surface area contributed by atoms with Gasteiger partial charge in [0, 0.05) is 32.6 Å². The second-order valence-electron chi connectivity index (χ2n) is 11.1. The van der Waals surface area contributed by atoms with Crippen LogP contribution in [0.4, 0.5) is 9.59 Å². The van der Waals surface area contributed by atoms with Crippen molar-refractivity contribution in [2.24, 2.45) is 11.8 Å². The highest BCUT2D eigenvalue weighted by Crippen LogP contribution is 2.21. The summed E-state index contributed by atoms with van der Waals surface area (Å²) in [6.45, 7) is 15.3. The quantitative estimate of drug-likeness (QED) is 0.318. The molecule has 0 saturated carbocycles. The van der Waals surface area contributed by atoms with E-state index in [2.05, 4.69) is 0 Å². The first-order valence-corrected chi connectivity index (χ1v) is 13.0. The zero-order valence-electron chi connectivity index (χ0n) is 23.9. The summed E-state index contributed by atoms with van der Waals surface area (Å²) in [6, 6.07) is 0. The molecule has 3 unspecified atom stereocenters. The molecule has 3 atom stereocenters. The Balaban J connectivity index is 0.000000380. The molecule has 2 heterocycles. The van der Waals surface area contributed by atoms with Gasteiger partial charge in [-0.1, -0.05) is 0 Å². The molecule has 0 aliphatic carbocycles. The third kappa shape index (κ3) is 11.2. The SMILES string of the molecule is CCOC(=O)C1CN(C(=O)OC(C)(C)C)CCC1=O.CCOC(=O)C1CN(C(=O)OC(C)(C)C)CCC1O. The number of nitrogens with zero attached hydrogens (tertiary/aromatic N) is 2. The van der Waals surface area contributed by atoms with E-state index < -0.39 is 53.3 Å². The van der Waals surface area contributed by atoms with Gasteiger partial charge in [0.15, 0.2) is 5.78 Å². The van der Waals surface area contributed by atoms with Crippen molar-refractivity contribution >= 4 is 29.9 Å². The molecule has 0 bridgehead atoms. The monoisotopic (exact) mass is 544 g/mol. The average Bonchev–Trinajstić information content (AvgIpc) is 2.78. The smallest absolute Gasteiger partial charge is 0.410 e. The number of hydrogen-bond acceptors (Lipinski definition) is 10. The first-order valence-electron chi connectivity index (χ1n) is 13.0. The number of aliphatic hydroxyl groups excluding tert-OH is 1. The highest BCUT2D eigenvalue weighted by atomic mass is 16.6. The maximum absolute atomic E-state index is 11.9. The molecule has 12 heteroatoms. The van der Waals surface area contributed by atoms with Crippen molar-refractivity contribution in [3.8, 4) is 0 Å². The average molecular weight is 545 g/mol. The van der Waals surface area contributed by atoms with Crippen molar-refractivity contribution in [1.29, 1.82) is 0 Å². The van der Waals surface area contributed by atoms with Crippen LogP contribution in [0, 0.1) is 11.8 Å². The molecule has 1 N–H and O–H groups in total. The fraction of sp³-hybridized carbons (Fsp3) is 0.808. The number of carbonyl (C=O) groups is 5. The van der Waals surface area contributed by atoms with Crippen LogP contribution in [0.5, 0.6) is 0 Å². The van der Waals surface area contributed by atoms with Gasteiger partial charge in [-0.05, 0) is 61.8 Å². The molecular formula is C26H44N2O10. The van der Waals surface area contributed by atoms with Crippen LogP contribution in [-0.4, -0.2) is 102 Å². The number of carbonyl (C=O) groups excluding carboxylic acids is 5. The number of hydrogen-bond donors (Lipinski definition) is 1. The summed E-state index contributed by atoms with van der Waals surface area (Å²) in [5, 5.41) is 9.82. The Morgan fingerprint density at radius 1 is 0.816 bits per heavy atom. The van der Waals surface area contributed by atoms with Crippen molar-refractivity contribution in [3.05, 3.63) is 0 Å². The minimum Gasteiger partial charge on any atom is -0.466 e. The van der Waals surface area contributed by atoms with Crippen molar-refractivity contribution in [2.75, 3.05) is 39.4 Å². The summed E-state index contributed by atoms with van der Waals surface area (Å²) in [6.07, 6.45) is -1.23. The number of likely N-dealkylation sites (tertiary alicyclic amines) is 2. The lowest BCUT2D eigenvalue weighted by Gasteiger charge is -2.35. The molecule has 2 fully saturated rings. The Kier molecular flexibility index (Phi) is 12.5. The van der Waals surface area contributed by atoms with Crippen LogP contribution in [0.25, 0.3) is 0 Å². The third-order valence-corrected chi connectivity index (χ3v) is 5.46. The van der Waals surface area contributed by atoms with Gasteiger partial charge in [-0.15, -0.1) is 0 Å². The van der Waals surface area contributed by atoms with Gasteiger partial charge in [0.2, 0.25) is 0 Å². The van der Waals surface area contributed by atoms with Gasteiger partial charge in [0.1, 0.15) is 23.0 Å². The number of aliphatic hydroxyl groups is 1. The van der Waals surface area contributed by atoms with Crippen LogP contribution in [0.3, 0.4) is 0 Å². The number of esters is 2. The Bertz CT molecular complexity index is 846. The highest BCUT2D eigenvalue weighted by Gasteiger charge is 2.38. The molecule has 2 saturated heterocycles. The van der Waals surface area contributed by atoms with Gasteiger partial charge in [-0.2, -0.15) is 0 Å². The van der Waals surface area contributed by atoms with Gasteiger partial charge in [-0.25, -0.2) is 9.59 Å². The lowest BCUT2D eigenvalue weighted by Crippen LogP contribution is -2.50. The van der Waals surface area contributed by atoms with E-state index >= 15 is 0 Å². The molecule has 0 aromatic heterocycles. The van der Waals surface area contributed by atoms with Crippen LogP contribution in [0.1, 0.15) is 68.2 Å². The van der Waals surface area contributed by atoms with Crippen LogP contribution in [0.15, 0.2) is 0 Å². The zero-order chi connectivity index (χ0) is 29.3. The van der Waals surface area contributed by atoms with Crippen molar-refractivity contribution in [1.82, 2.24) is 9.80 Å². The molecule has 0 radical (unpaired) electrons. The number of amides is 2. The molecule has 0 aromatic carbocycles. The van der Waals surface area contributed by atoms with Crippen LogP contribution < -0.4 is 0 Å². The molecule has 2 aliphatic heterocycles. The largest absolute Gasteiger partial charge is 0.466 e. The van der Waals surface area contributed by atoms with Crippen molar-refractivity contribution in [2.45, 2.75) is 85.5 Å².